The molecule has 0 heterocycles. The summed E-state index contributed by atoms with van der Waals surface area (Å²) in [6.07, 6.45) is 0.960. The lowest BCUT2D eigenvalue weighted by Gasteiger charge is -2.21. The molecule has 3 rings (SSSR count). The summed E-state index contributed by atoms with van der Waals surface area (Å²) in [5.74, 6) is -0.289. The van der Waals surface area contributed by atoms with Crippen LogP contribution in [0.25, 0.3) is 0 Å². The van der Waals surface area contributed by atoms with Crippen molar-refractivity contribution >= 4 is 27.5 Å². The Hall–Kier alpha value is -2.87. The van der Waals surface area contributed by atoms with Crippen LogP contribution >= 0.6 is 0 Å². The van der Waals surface area contributed by atoms with Crippen molar-refractivity contribution in [1.29, 1.82) is 0 Å². The number of rotatable bonds is 6. The summed E-state index contributed by atoms with van der Waals surface area (Å²) in [5, 5.41) is 0. The van der Waals surface area contributed by atoms with Crippen LogP contribution in [0, 0.1) is 0 Å². The molecule has 0 bridgehead atoms. The molecule has 0 aliphatic heterocycles. The number of nitrogens with zero attached hydrogens (tertiary/aromatic N) is 1. The predicted octanol–water partition coefficient (Wildman–Crippen LogP) is 2.80. The maximum absolute atomic E-state index is 12.9. The van der Waals surface area contributed by atoms with Gasteiger partial charge in [-0.15, -0.1) is 0 Å². The third kappa shape index (κ3) is 3.87. The maximum Gasteiger partial charge on any atom is 0.338 e. The Bertz CT molecular complexity index is 984. The van der Waals surface area contributed by atoms with E-state index in [2.05, 4.69) is 0 Å². The molecule has 0 amide bonds. The molecule has 0 aromatic heterocycles. The number of hydrogen-bond acceptors (Lipinski definition) is 6. The number of sulfonamides is 1. The summed E-state index contributed by atoms with van der Waals surface area (Å²) in [5.41, 5.74) is 0.590. The van der Waals surface area contributed by atoms with Crippen LogP contribution in [0.3, 0.4) is 0 Å². The molecule has 8 heteroatoms. The monoisotopic (exact) mass is 403 g/mol. The van der Waals surface area contributed by atoms with Crippen molar-refractivity contribution in [2.75, 3.05) is 18.5 Å². The van der Waals surface area contributed by atoms with E-state index in [9.17, 15) is 18.0 Å². The zero-order valence-electron chi connectivity index (χ0n) is 15.6. The van der Waals surface area contributed by atoms with Gasteiger partial charge in [0.25, 0.3) is 10.0 Å². The minimum atomic E-state index is -3.85. The van der Waals surface area contributed by atoms with Crippen molar-refractivity contribution in [3.63, 3.8) is 0 Å². The maximum atomic E-state index is 12.9. The van der Waals surface area contributed by atoms with Crippen molar-refractivity contribution in [3.05, 3.63) is 54.1 Å². The van der Waals surface area contributed by atoms with Crippen LogP contribution in [0.15, 0.2) is 53.4 Å². The van der Waals surface area contributed by atoms with Crippen LogP contribution in [0.5, 0.6) is 5.75 Å². The summed E-state index contributed by atoms with van der Waals surface area (Å²) in [4.78, 5) is 23.8. The van der Waals surface area contributed by atoms with Crippen molar-refractivity contribution in [2.24, 2.45) is 0 Å². The molecule has 0 radical (unpaired) electrons. The van der Waals surface area contributed by atoms with Gasteiger partial charge in [0, 0.05) is 13.5 Å². The van der Waals surface area contributed by atoms with E-state index in [1.54, 1.807) is 24.3 Å². The molecule has 0 N–H and O–H groups in total. The van der Waals surface area contributed by atoms with Crippen LogP contribution in [-0.4, -0.2) is 40.4 Å². The van der Waals surface area contributed by atoms with E-state index in [0.29, 0.717) is 30.7 Å². The second-order valence-electron chi connectivity index (χ2n) is 6.42. The first kappa shape index (κ1) is 19.9. The van der Waals surface area contributed by atoms with Crippen LogP contribution in [0.4, 0.5) is 5.69 Å². The molecule has 7 nitrogen and oxygen atoms in total. The van der Waals surface area contributed by atoms with Gasteiger partial charge in [0.15, 0.2) is 11.9 Å². The third-order valence-corrected chi connectivity index (χ3v) is 6.46. The highest BCUT2D eigenvalue weighted by molar-refractivity contribution is 7.92. The summed E-state index contributed by atoms with van der Waals surface area (Å²) < 4.78 is 37.4. The van der Waals surface area contributed by atoms with Crippen LogP contribution in [-0.2, 0) is 19.6 Å². The Kier molecular flexibility index (Phi) is 5.69. The standard InChI is InChI=1S/C20H21NO6S/c1-21(16-6-3-4-8-18(16)26-2)28(24,25)15-12-10-14(11-13-15)20(23)27-19-9-5-7-17(19)22/h3-4,6,8,10-13,19H,5,7,9H2,1-2H3/t19-/m0/s1. The van der Waals surface area contributed by atoms with Gasteiger partial charge in [-0.25, -0.2) is 13.2 Å². The lowest BCUT2D eigenvalue weighted by molar-refractivity contribution is -0.124. The van der Waals surface area contributed by atoms with Gasteiger partial charge in [-0.1, -0.05) is 12.1 Å². The summed E-state index contributed by atoms with van der Waals surface area (Å²) in [6.45, 7) is 0. The van der Waals surface area contributed by atoms with Gasteiger partial charge in [-0.05, 0) is 49.2 Å². The summed E-state index contributed by atoms with van der Waals surface area (Å²) >= 11 is 0. The average Bonchev–Trinajstić information content (AvgIpc) is 3.11. The summed E-state index contributed by atoms with van der Waals surface area (Å²) in [6, 6.07) is 12.2. The fourth-order valence-electron chi connectivity index (χ4n) is 3.05. The molecule has 1 atom stereocenters. The lowest BCUT2D eigenvalue weighted by Crippen LogP contribution is -2.27. The number of anilines is 1. The number of carbonyl (C=O) groups excluding carboxylic acids is 2. The Morgan fingerprint density at radius 1 is 1.11 bits per heavy atom. The van der Waals surface area contributed by atoms with E-state index >= 15 is 0 Å². The predicted molar refractivity (Wildman–Crippen MR) is 103 cm³/mol. The first-order valence-corrected chi connectivity index (χ1v) is 10.2. The molecule has 0 spiro atoms. The number of benzene rings is 2. The van der Waals surface area contributed by atoms with Gasteiger partial charge in [0.1, 0.15) is 5.75 Å². The molecule has 1 aliphatic carbocycles. The summed E-state index contributed by atoms with van der Waals surface area (Å²) in [7, 11) is -0.952. The van der Waals surface area contributed by atoms with Gasteiger partial charge < -0.3 is 9.47 Å². The zero-order chi connectivity index (χ0) is 20.3. The smallest absolute Gasteiger partial charge is 0.338 e. The molecular weight excluding hydrogens is 382 g/mol. The second-order valence-corrected chi connectivity index (χ2v) is 8.39. The molecule has 1 saturated carbocycles. The largest absolute Gasteiger partial charge is 0.495 e. The van der Waals surface area contributed by atoms with E-state index in [0.717, 1.165) is 4.31 Å². The molecule has 148 valence electrons. The number of Topliss-reactive ketones (excluding diaryl/α,β-unsaturated/α-hetero) is 1. The molecule has 2 aromatic carbocycles. The minimum absolute atomic E-state index is 0.0226. The van der Waals surface area contributed by atoms with Crippen LogP contribution in [0.2, 0.25) is 0 Å². The highest BCUT2D eigenvalue weighted by atomic mass is 32.2. The molecule has 1 aliphatic rings. The number of carbonyl (C=O) groups is 2. The van der Waals surface area contributed by atoms with Gasteiger partial charge in [0.2, 0.25) is 0 Å². The molecule has 28 heavy (non-hydrogen) atoms. The number of methoxy groups -OCH3 is 1. The number of para-hydroxylation sites is 2. The van der Waals surface area contributed by atoms with Crippen molar-refractivity contribution < 1.29 is 27.5 Å². The van der Waals surface area contributed by atoms with Crippen molar-refractivity contribution in [3.8, 4) is 5.75 Å². The van der Waals surface area contributed by atoms with Crippen molar-refractivity contribution in [1.82, 2.24) is 0 Å². The average molecular weight is 403 g/mol. The van der Waals surface area contributed by atoms with E-state index in [4.69, 9.17) is 9.47 Å². The molecular formula is C20H21NO6S. The van der Waals surface area contributed by atoms with Crippen LogP contribution < -0.4 is 9.04 Å². The third-order valence-electron chi connectivity index (χ3n) is 4.67. The Morgan fingerprint density at radius 2 is 1.79 bits per heavy atom. The number of esters is 1. The van der Waals surface area contributed by atoms with E-state index < -0.39 is 22.1 Å². The van der Waals surface area contributed by atoms with Crippen LogP contribution in [0.1, 0.15) is 29.6 Å². The SMILES string of the molecule is COc1ccccc1N(C)S(=O)(=O)c1ccc(C(=O)O[C@H]2CCCC2=O)cc1. The second kappa shape index (κ2) is 8.02. The Morgan fingerprint density at radius 3 is 2.39 bits per heavy atom. The Labute approximate surface area is 163 Å². The van der Waals surface area contributed by atoms with Gasteiger partial charge >= 0.3 is 5.97 Å². The lowest BCUT2D eigenvalue weighted by atomic mass is 10.2. The number of ketones is 1. The normalized spacial score (nSPS) is 16.6. The van der Waals surface area contributed by atoms with Crippen molar-refractivity contribution in [2.45, 2.75) is 30.3 Å². The quantitative estimate of drug-likeness (QED) is 0.689. The van der Waals surface area contributed by atoms with E-state index in [1.807, 2.05) is 0 Å². The first-order chi connectivity index (χ1) is 13.3. The highest BCUT2D eigenvalue weighted by Crippen LogP contribution is 2.31. The highest BCUT2D eigenvalue weighted by Gasteiger charge is 2.29. The topological polar surface area (TPSA) is 90.0 Å². The van der Waals surface area contributed by atoms with Gasteiger partial charge in [0.05, 0.1) is 23.3 Å². The first-order valence-electron chi connectivity index (χ1n) is 8.80. The Balaban J connectivity index is 1.79. The molecule has 0 saturated heterocycles. The van der Waals surface area contributed by atoms with Gasteiger partial charge in [-0.2, -0.15) is 0 Å². The molecule has 1 fully saturated rings. The fourth-order valence-corrected chi connectivity index (χ4v) is 4.25. The molecule has 2 aromatic rings. The van der Waals surface area contributed by atoms with E-state index in [-0.39, 0.29) is 16.2 Å². The minimum Gasteiger partial charge on any atom is -0.495 e. The zero-order valence-corrected chi connectivity index (χ0v) is 16.4. The van der Waals surface area contributed by atoms with E-state index in [1.165, 1.54) is 38.4 Å². The number of hydrogen-bond donors (Lipinski definition) is 0. The fraction of sp³-hybridized carbons (Fsp3) is 0.300. The molecule has 0 unspecified atom stereocenters. The number of ether oxygens (including phenoxy) is 2. The van der Waals surface area contributed by atoms with Gasteiger partial charge in [-0.3, -0.25) is 9.10 Å².